The fourth-order valence-electron chi connectivity index (χ4n) is 4.11. The Morgan fingerprint density at radius 2 is 1.07 bits per heavy atom. The van der Waals surface area contributed by atoms with Crippen LogP contribution in [0.1, 0.15) is 94.2 Å². The van der Waals surface area contributed by atoms with Crippen LogP contribution in [0.25, 0.3) is 0 Å². The highest BCUT2D eigenvalue weighted by Crippen LogP contribution is 2.43. The predicted octanol–water partition coefficient (Wildman–Crippen LogP) is 5.15. The monoisotopic (exact) mass is 398 g/mol. The highest BCUT2D eigenvalue weighted by molar-refractivity contribution is 5.53. The molecule has 0 saturated carbocycles. The van der Waals surface area contributed by atoms with Gasteiger partial charge in [0, 0.05) is 30.1 Å². The molecule has 0 fully saturated rings. The van der Waals surface area contributed by atoms with E-state index in [1.807, 2.05) is 12.1 Å². The van der Waals surface area contributed by atoms with Gasteiger partial charge >= 0.3 is 0 Å². The maximum absolute atomic E-state index is 10.5. The summed E-state index contributed by atoms with van der Waals surface area (Å²) in [6, 6.07) is 7.87. The Hall–Kier alpha value is -2.04. The number of hydrogen-bond acceptors (Lipinski definition) is 4. The summed E-state index contributed by atoms with van der Waals surface area (Å²) in [4.78, 5) is 0. The second-order valence-electron chi connectivity index (χ2n) is 10.0. The number of phenolic OH excluding ortho intramolecular Hbond substituents is 2. The molecule has 160 valence electrons. The minimum Gasteiger partial charge on any atom is -0.508 e. The summed E-state index contributed by atoms with van der Waals surface area (Å²) in [5.41, 5.74) is 17.6. The molecule has 0 atom stereocenters. The third-order valence-electron chi connectivity index (χ3n) is 5.72. The first-order chi connectivity index (χ1) is 13.3. The van der Waals surface area contributed by atoms with Crippen molar-refractivity contribution in [1.82, 2.24) is 0 Å². The molecule has 0 unspecified atom stereocenters. The zero-order valence-electron chi connectivity index (χ0n) is 19.1. The Bertz CT molecular complexity index is 802. The van der Waals surface area contributed by atoms with Gasteiger partial charge in [-0.25, -0.2) is 0 Å². The van der Waals surface area contributed by atoms with Gasteiger partial charge in [0.2, 0.25) is 0 Å². The van der Waals surface area contributed by atoms with Crippen LogP contribution in [-0.2, 0) is 23.9 Å². The summed E-state index contributed by atoms with van der Waals surface area (Å²) in [6.07, 6.45) is 0.885. The topological polar surface area (TPSA) is 92.5 Å². The van der Waals surface area contributed by atoms with Gasteiger partial charge in [0.15, 0.2) is 0 Å². The molecule has 29 heavy (non-hydrogen) atoms. The smallest absolute Gasteiger partial charge is 0.120 e. The maximum Gasteiger partial charge on any atom is 0.120 e. The summed E-state index contributed by atoms with van der Waals surface area (Å²) < 4.78 is 0. The van der Waals surface area contributed by atoms with Crippen molar-refractivity contribution in [1.29, 1.82) is 0 Å². The molecule has 0 heterocycles. The van der Waals surface area contributed by atoms with E-state index in [4.69, 9.17) is 11.5 Å². The van der Waals surface area contributed by atoms with Gasteiger partial charge in [-0.1, -0.05) is 48.5 Å². The van der Waals surface area contributed by atoms with E-state index in [0.717, 1.165) is 28.7 Å². The van der Waals surface area contributed by atoms with Gasteiger partial charge in [-0.3, -0.25) is 0 Å². The van der Waals surface area contributed by atoms with Crippen LogP contribution in [0, 0.1) is 0 Å². The zero-order chi connectivity index (χ0) is 22.1. The molecule has 0 bridgehead atoms. The fourth-order valence-corrected chi connectivity index (χ4v) is 4.11. The lowest BCUT2D eigenvalue weighted by molar-refractivity contribution is 0.461. The van der Waals surface area contributed by atoms with Crippen molar-refractivity contribution in [3.8, 4) is 11.5 Å². The van der Waals surface area contributed by atoms with Gasteiger partial charge in [0.05, 0.1) is 0 Å². The average Bonchev–Trinajstić information content (AvgIpc) is 2.62. The second-order valence-corrected chi connectivity index (χ2v) is 10.0. The van der Waals surface area contributed by atoms with Crippen molar-refractivity contribution >= 4 is 0 Å². The summed E-state index contributed by atoms with van der Waals surface area (Å²) in [7, 11) is 0. The lowest BCUT2D eigenvalue weighted by Gasteiger charge is -2.32. The van der Waals surface area contributed by atoms with Crippen molar-refractivity contribution in [2.24, 2.45) is 11.5 Å². The lowest BCUT2D eigenvalue weighted by atomic mass is 9.72. The highest BCUT2D eigenvalue weighted by atomic mass is 16.3. The quantitative estimate of drug-likeness (QED) is 0.560. The lowest BCUT2D eigenvalue weighted by Crippen LogP contribution is -2.21. The minimum absolute atomic E-state index is 0.107. The molecule has 4 heteroatoms. The van der Waals surface area contributed by atoms with E-state index in [1.165, 1.54) is 11.1 Å². The van der Waals surface area contributed by atoms with E-state index in [1.54, 1.807) is 0 Å². The van der Waals surface area contributed by atoms with Crippen LogP contribution < -0.4 is 11.5 Å². The van der Waals surface area contributed by atoms with Crippen LogP contribution in [0.3, 0.4) is 0 Å². The molecular formula is C25H38N2O2. The van der Waals surface area contributed by atoms with Crippen LogP contribution in [-0.4, -0.2) is 10.2 Å². The van der Waals surface area contributed by atoms with Crippen LogP contribution in [0.4, 0.5) is 0 Å². The number of benzene rings is 2. The van der Waals surface area contributed by atoms with Gasteiger partial charge in [-0.15, -0.1) is 0 Å². The third kappa shape index (κ3) is 4.76. The fraction of sp³-hybridized carbons (Fsp3) is 0.520. The van der Waals surface area contributed by atoms with E-state index < -0.39 is 0 Å². The molecule has 0 spiro atoms. The molecule has 0 aliphatic carbocycles. The molecule has 0 aromatic heterocycles. The Morgan fingerprint density at radius 1 is 0.724 bits per heavy atom. The first-order valence-electron chi connectivity index (χ1n) is 10.5. The summed E-state index contributed by atoms with van der Waals surface area (Å²) >= 11 is 0. The van der Waals surface area contributed by atoms with E-state index in [2.05, 4.69) is 60.6 Å². The van der Waals surface area contributed by atoms with Crippen LogP contribution >= 0.6 is 0 Å². The standard InChI is InChI=1S/C25H38N2O2/c1-8-17(18-9-15(13-26)22(28)11-20(18)24(2,3)4)19-10-16(14-27)23(29)12-21(19)25(5,6)7/h9-12,17,28-29H,8,13-14,26-27H2,1-7H3. The zero-order valence-corrected chi connectivity index (χ0v) is 19.1. The van der Waals surface area contributed by atoms with E-state index in [0.29, 0.717) is 0 Å². The normalized spacial score (nSPS) is 12.6. The third-order valence-corrected chi connectivity index (χ3v) is 5.72. The second kappa shape index (κ2) is 8.37. The molecule has 2 rings (SSSR count). The molecule has 6 N–H and O–H groups in total. The number of phenols is 2. The molecule has 2 aromatic carbocycles. The highest BCUT2D eigenvalue weighted by Gasteiger charge is 2.29. The maximum atomic E-state index is 10.5. The first-order valence-corrected chi connectivity index (χ1v) is 10.5. The van der Waals surface area contributed by atoms with Crippen molar-refractivity contribution in [3.63, 3.8) is 0 Å². The van der Waals surface area contributed by atoms with E-state index >= 15 is 0 Å². The SMILES string of the molecule is CCC(c1cc(CN)c(O)cc1C(C)(C)C)c1cc(CN)c(O)cc1C(C)(C)C. The number of hydrogen-bond donors (Lipinski definition) is 4. The summed E-state index contributed by atoms with van der Waals surface area (Å²) in [6.45, 7) is 15.7. The summed E-state index contributed by atoms with van der Waals surface area (Å²) in [5.74, 6) is 0.608. The van der Waals surface area contributed by atoms with E-state index in [9.17, 15) is 10.2 Å². The Kier molecular flexibility index (Phi) is 6.71. The molecule has 2 aromatic rings. The molecule has 4 nitrogen and oxygen atoms in total. The molecular weight excluding hydrogens is 360 g/mol. The van der Waals surface area contributed by atoms with Crippen molar-refractivity contribution in [2.75, 3.05) is 0 Å². The van der Waals surface area contributed by atoms with Gasteiger partial charge < -0.3 is 21.7 Å². The van der Waals surface area contributed by atoms with E-state index in [-0.39, 0.29) is 41.3 Å². The molecule has 0 aliphatic heterocycles. The number of rotatable bonds is 5. The van der Waals surface area contributed by atoms with Crippen LogP contribution in [0.15, 0.2) is 24.3 Å². The molecule has 0 amide bonds. The van der Waals surface area contributed by atoms with Crippen molar-refractivity contribution < 1.29 is 10.2 Å². The Labute approximate surface area is 176 Å². The van der Waals surface area contributed by atoms with Crippen molar-refractivity contribution in [2.45, 2.75) is 84.7 Å². The number of nitrogens with two attached hydrogens (primary N) is 2. The minimum atomic E-state index is -0.136. The average molecular weight is 399 g/mol. The van der Waals surface area contributed by atoms with Gasteiger partial charge in [-0.2, -0.15) is 0 Å². The Balaban J connectivity index is 2.87. The van der Waals surface area contributed by atoms with Gasteiger partial charge in [0.25, 0.3) is 0 Å². The molecule has 0 saturated heterocycles. The van der Waals surface area contributed by atoms with Gasteiger partial charge in [-0.05, 0) is 63.8 Å². The van der Waals surface area contributed by atoms with Gasteiger partial charge in [0.1, 0.15) is 11.5 Å². The molecule has 0 radical (unpaired) electrons. The van der Waals surface area contributed by atoms with Crippen LogP contribution in [0.2, 0.25) is 0 Å². The van der Waals surface area contributed by atoms with Crippen LogP contribution in [0.5, 0.6) is 11.5 Å². The van der Waals surface area contributed by atoms with Crippen molar-refractivity contribution in [3.05, 3.63) is 57.6 Å². The first kappa shape index (κ1) is 23.2. The predicted molar refractivity (Wildman–Crippen MR) is 122 cm³/mol. The number of aromatic hydroxyl groups is 2. The summed E-state index contributed by atoms with van der Waals surface area (Å²) in [5, 5.41) is 21.0. The molecule has 0 aliphatic rings. The Morgan fingerprint density at radius 3 is 1.31 bits per heavy atom. The largest absolute Gasteiger partial charge is 0.508 e.